The van der Waals surface area contributed by atoms with Crippen molar-refractivity contribution in [3.8, 4) is 0 Å². The highest BCUT2D eigenvalue weighted by Crippen LogP contribution is 2.21. The van der Waals surface area contributed by atoms with Gasteiger partial charge in [0.25, 0.3) is 0 Å². The third kappa shape index (κ3) is 3.41. The predicted molar refractivity (Wildman–Crippen MR) is 88.3 cm³/mol. The first-order valence-electron chi connectivity index (χ1n) is 7.58. The molecule has 2 heterocycles. The van der Waals surface area contributed by atoms with Crippen LogP contribution < -0.4 is 4.72 Å². The summed E-state index contributed by atoms with van der Waals surface area (Å²) >= 11 is 0. The average Bonchev–Trinajstić information content (AvgIpc) is 2.74. The smallest absolute Gasteiger partial charge is 0.229 e. The van der Waals surface area contributed by atoms with Gasteiger partial charge in [-0.05, 0) is 44.1 Å². The van der Waals surface area contributed by atoms with Crippen LogP contribution in [0.4, 0.5) is 5.69 Å². The molecule has 1 N–H and O–H groups in total. The number of aryl methyl sites for hydroxylation is 1. The van der Waals surface area contributed by atoms with E-state index in [0.717, 1.165) is 42.7 Å². The first-order chi connectivity index (χ1) is 10.4. The number of aromatic nitrogens is 2. The topological polar surface area (TPSA) is 67.2 Å². The molecule has 1 saturated heterocycles. The molecule has 0 radical (unpaired) electrons. The second-order valence-electron chi connectivity index (χ2n) is 6.00. The average molecular weight is 322 g/mol. The molecule has 2 aromatic rings. The minimum atomic E-state index is -3.26. The summed E-state index contributed by atoms with van der Waals surface area (Å²) in [5, 5.41) is 0. The van der Waals surface area contributed by atoms with E-state index in [1.807, 2.05) is 13.1 Å². The number of likely N-dealkylation sites (tertiary alicyclic amines) is 1. The summed E-state index contributed by atoms with van der Waals surface area (Å²) in [6, 6.07) is 5.47. The lowest BCUT2D eigenvalue weighted by Crippen LogP contribution is -2.30. The van der Waals surface area contributed by atoms with E-state index < -0.39 is 10.0 Å². The Labute approximate surface area is 131 Å². The highest BCUT2D eigenvalue weighted by molar-refractivity contribution is 7.92. The lowest BCUT2D eigenvalue weighted by Gasteiger charge is -2.25. The van der Waals surface area contributed by atoms with E-state index in [2.05, 4.69) is 19.2 Å². The van der Waals surface area contributed by atoms with Crippen LogP contribution >= 0.6 is 0 Å². The van der Waals surface area contributed by atoms with Gasteiger partial charge in [-0.25, -0.2) is 13.4 Å². The number of nitrogens with zero attached hydrogens (tertiary/aromatic N) is 3. The van der Waals surface area contributed by atoms with Crippen LogP contribution in [0.3, 0.4) is 0 Å². The fraction of sp³-hybridized carbons (Fsp3) is 0.533. The first-order valence-corrected chi connectivity index (χ1v) is 9.47. The normalized spacial score (nSPS) is 17.0. The fourth-order valence-electron chi connectivity index (χ4n) is 2.99. The van der Waals surface area contributed by atoms with Gasteiger partial charge in [-0.1, -0.05) is 6.42 Å². The van der Waals surface area contributed by atoms with E-state index in [1.165, 1.54) is 19.3 Å². The summed E-state index contributed by atoms with van der Waals surface area (Å²) in [4.78, 5) is 7.11. The quantitative estimate of drug-likeness (QED) is 0.934. The molecule has 0 bridgehead atoms. The Hall–Kier alpha value is -1.60. The molecule has 0 aliphatic carbocycles. The van der Waals surface area contributed by atoms with Crippen LogP contribution in [-0.4, -0.2) is 42.2 Å². The number of hydrogen-bond donors (Lipinski definition) is 1. The highest BCUT2D eigenvalue weighted by Gasteiger charge is 2.15. The Kier molecular flexibility index (Phi) is 4.10. The van der Waals surface area contributed by atoms with Gasteiger partial charge in [0.2, 0.25) is 10.0 Å². The summed E-state index contributed by atoms with van der Waals surface area (Å²) in [5.41, 5.74) is 2.40. The van der Waals surface area contributed by atoms with Crippen LogP contribution in [0.25, 0.3) is 11.0 Å². The van der Waals surface area contributed by atoms with E-state index in [-0.39, 0.29) is 0 Å². The highest BCUT2D eigenvalue weighted by atomic mass is 32.2. The third-order valence-corrected chi connectivity index (χ3v) is 4.70. The van der Waals surface area contributed by atoms with Gasteiger partial charge in [0.15, 0.2) is 0 Å². The standard InChI is InChI=1S/C15H22N4O2S/c1-18-14-7-6-12(17-22(2,20)21)10-13(14)16-15(18)11-19-8-4-3-5-9-19/h6-7,10,17H,3-5,8-9,11H2,1-2H3. The molecule has 0 atom stereocenters. The van der Waals surface area contributed by atoms with Gasteiger partial charge in [0.05, 0.1) is 29.5 Å². The minimum absolute atomic E-state index is 0.553. The Balaban J connectivity index is 1.87. The van der Waals surface area contributed by atoms with Crippen molar-refractivity contribution >= 4 is 26.7 Å². The van der Waals surface area contributed by atoms with Gasteiger partial charge < -0.3 is 4.57 Å². The zero-order valence-electron chi connectivity index (χ0n) is 13.0. The summed E-state index contributed by atoms with van der Waals surface area (Å²) in [6.07, 6.45) is 4.98. The van der Waals surface area contributed by atoms with Crippen molar-refractivity contribution in [1.82, 2.24) is 14.5 Å². The molecule has 0 saturated carbocycles. The second-order valence-corrected chi connectivity index (χ2v) is 7.75. The van der Waals surface area contributed by atoms with Crippen molar-refractivity contribution in [2.24, 2.45) is 7.05 Å². The maximum Gasteiger partial charge on any atom is 0.229 e. The van der Waals surface area contributed by atoms with Crippen LogP contribution in [0, 0.1) is 0 Å². The lowest BCUT2D eigenvalue weighted by molar-refractivity contribution is 0.214. The molecule has 3 rings (SSSR count). The van der Waals surface area contributed by atoms with Crippen molar-refractivity contribution in [2.75, 3.05) is 24.1 Å². The Morgan fingerprint density at radius 3 is 2.64 bits per heavy atom. The van der Waals surface area contributed by atoms with Crippen molar-refractivity contribution in [3.63, 3.8) is 0 Å². The van der Waals surface area contributed by atoms with E-state index >= 15 is 0 Å². The number of rotatable bonds is 4. The van der Waals surface area contributed by atoms with Crippen molar-refractivity contribution < 1.29 is 8.42 Å². The van der Waals surface area contributed by atoms with E-state index in [9.17, 15) is 8.42 Å². The van der Waals surface area contributed by atoms with E-state index in [0.29, 0.717) is 5.69 Å². The van der Waals surface area contributed by atoms with Crippen LogP contribution in [-0.2, 0) is 23.6 Å². The molecule has 1 aliphatic rings. The summed E-state index contributed by atoms with van der Waals surface area (Å²) in [5.74, 6) is 1.02. The number of benzene rings is 1. The number of nitrogens with one attached hydrogen (secondary N) is 1. The Morgan fingerprint density at radius 1 is 1.23 bits per heavy atom. The maximum atomic E-state index is 11.3. The number of sulfonamides is 1. The van der Waals surface area contributed by atoms with Crippen LogP contribution in [0.1, 0.15) is 25.1 Å². The molecule has 0 unspecified atom stereocenters. The van der Waals surface area contributed by atoms with Crippen LogP contribution in [0.5, 0.6) is 0 Å². The monoisotopic (exact) mass is 322 g/mol. The van der Waals surface area contributed by atoms with Gasteiger partial charge in [0, 0.05) is 7.05 Å². The van der Waals surface area contributed by atoms with E-state index in [4.69, 9.17) is 0 Å². The third-order valence-electron chi connectivity index (χ3n) is 4.09. The molecule has 6 nitrogen and oxygen atoms in total. The molecule has 1 aromatic heterocycles. The van der Waals surface area contributed by atoms with Gasteiger partial charge in [-0.3, -0.25) is 9.62 Å². The number of hydrogen-bond acceptors (Lipinski definition) is 4. The molecule has 120 valence electrons. The number of anilines is 1. The fourth-order valence-corrected chi connectivity index (χ4v) is 3.54. The Morgan fingerprint density at radius 2 is 1.95 bits per heavy atom. The van der Waals surface area contributed by atoms with Gasteiger partial charge >= 0.3 is 0 Å². The molecule has 22 heavy (non-hydrogen) atoms. The van der Waals surface area contributed by atoms with Crippen LogP contribution in [0.2, 0.25) is 0 Å². The lowest BCUT2D eigenvalue weighted by atomic mass is 10.1. The molecule has 1 aliphatic heterocycles. The van der Waals surface area contributed by atoms with E-state index in [1.54, 1.807) is 12.1 Å². The number of piperidine rings is 1. The molecule has 7 heteroatoms. The summed E-state index contributed by atoms with van der Waals surface area (Å²) in [6.45, 7) is 3.11. The molecule has 0 amide bonds. The van der Waals surface area contributed by atoms with Crippen molar-refractivity contribution in [3.05, 3.63) is 24.0 Å². The largest absolute Gasteiger partial charge is 0.330 e. The predicted octanol–water partition coefficient (Wildman–Crippen LogP) is 1.93. The number of imidazole rings is 1. The summed E-state index contributed by atoms with van der Waals surface area (Å²) in [7, 11) is -1.25. The van der Waals surface area contributed by atoms with Crippen molar-refractivity contribution in [1.29, 1.82) is 0 Å². The molecular formula is C15H22N4O2S. The molecule has 1 aromatic carbocycles. The van der Waals surface area contributed by atoms with Gasteiger partial charge in [-0.2, -0.15) is 0 Å². The zero-order valence-corrected chi connectivity index (χ0v) is 13.9. The molecule has 0 spiro atoms. The maximum absolute atomic E-state index is 11.3. The van der Waals surface area contributed by atoms with Gasteiger partial charge in [0.1, 0.15) is 5.82 Å². The minimum Gasteiger partial charge on any atom is -0.330 e. The Bertz CT molecular complexity index is 776. The SMILES string of the molecule is Cn1c(CN2CCCCC2)nc2cc(NS(C)(=O)=O)ccc21. The molecule has 1 fully saturated rings. The second kappa shape index (κ2) is 5.89. The van der Waals surface area contributed by atoms with Crippen LogP contribution in [0.15, 0.2) is 18.2 Å². The number of fused-ring (bicyclic) bond motifs is 1. The van der Waals surface area contributed by atoms with Crippen molar-refractivity contribution in [2.45, 2.75) is 25.8 Å². The first kappa shape index (κ1) is 15.3. The zero-order chi connectivity index (χ0) is 15.7. The summed E-state index contributed by atoms with van der Waals surface area (Å²) < 4.78 is 27.2. The van der Waals surface area contributed by atoms with Gasteiger partial charge in [-0.15, -0.1) is 0 Å². The molecular weight excluding hydrogens is 300 g/mol.